The normalized spacial score (nSPS) is 16.1. The zero-order chi connectivity index (χ0) is 44.7. The van der Waals surface area contributed by atoms with Crippen LogP contribution < -0.4 is 36.0 Å². The van der Waals surface area contributed by atoms with E-state index in [0.29, 0.717) is 31.1 Å². The highest BCUT2D eigenvalue weighted by Crippen LogP contribution is 2.25. The van der Waals surface area contributed by atoms with Gasteiger partial charge in [-0.05, 0) is 45.0 Å². The van der Waals surface area contributed by atoms with E-state index in [1.54, 1.807) is 20.8 Å². The minimum Gasteiger partial charge on any atom is -0.444 e. The van der Waals surface area contributed by atoms with Gasteiger partial charge in [-0.15, -0.1) is 0 Å². The van der Waals surface area contributed by atoms with Gasteiger partial charge in [0.05, 0.1) is 13.2 Å². The van der Waals surface area contributed by atoms with Gasteiger partial charge in [-0.3, -0.25) is 34.5 Å². The number of carbonyl (C=O) groups excluding carboxylic acids is 5. The fourth-order valence-electron chi connectivity index (χ4n) is 5.50. The van der Waals surface area contributed by atoms with Gasteiger partial charge in [0.15, 0.2) is 0 Å². The number of aromatic nitrogens is 2. The molecule has 334 valence electrons. The van der Waals surface area contributed by atoms with Crippen LogP contribution in [0.3, 0.4) is 0 Å². The lowest BCUT2D eigenvalue weighted by Gasteiger charge is -2.24. The van der Waals surface area contributed by atoms with Crippen molar-refractivity contribution in [3.63, 3.8) is 0 Å². The van der Waals surface area contributed by atoms with Crippen molar-refractivity contribution < 1.29 is 53.3 Å². The number of thioether (sulfide) groups is 2. The number of hydrogen-bond donors (Lipinski definition) is 7. The number of nitrogens with one attached hydrogen (secondary N) is 5. The Kier molecular flexibility index (Phi) is 19.6. The molecule has 4 aliphatic heterocycles. The fraction of sp³-hybridized carbons (Fsp3) is 0.615. The Morgan fingerprint density at radius 1 is 0.733 bits per heavy atom. The molecular formula is C39H66N8O9S2Si2+2. The number of nitrogens with zero attached hydrogens (tertiary/aromatic N) is 3. The van der Waals surface area contributed by atoms with Gasteiger partial charge >= 0.3 is 39.3 Å². The first-order valence-electron chi connectivity index (χ1n) is 20.3. The van der Waals surface area contributed by atoms with Gasteiger partial charge in [-0.25, -0.2) is 4.79 Å². The molecule has 0 radical (unpaired) electrons. The third kappa shape index (κ3) is 17.6. The molecule has 60 heavy (non-hydrogen) atoms. The molecule has 5 amide bonds. The molecule has 21 heteroatoms. The first-order valence-corrected chi connectivity index (χ1v) is 29.7. The van der Waals surface area contributed by atoms with Crippen molar-refractivity contribution in [3.05, 3.63) is 46.8 Å². The maximum atomic E-state index is 13.7. The Morgan fingerprint density at radius 2 is 1.15 bits per heavy atom. The van der Waals surface area contributed by atoms with Gasteiger partial charge in [-0.2, -0.15) is 0 Å². The predicted octanol–water partition coefficient (Wildman–Crippen LogP) is 3.07. The van der Waals surface area contributed by atoms with Crippen LogP contribution in [0.1, 0.15) is 62.5 Å². The van der Waals surface area contributed by atoms with Gasteiger partial charge in [0.2, 0.25) is 0 Å². The molecule has 0 saturated heterocycles. The summed E-state index contributed by atoms with van der Waals surface area (Å²) in [5, 5.41) is 37.1. The number of ether oxygens (including phenoxy) is 2. The Balaban J connectivity index is 1.91. The molecule has 2 aromatic rings. The zero-order valence-electron chi connectivity index (χ0n) is 36.6. The second-order valence-corrected chi connectivity index (χ2v) is 31.1. The van der Waals surface area contributed by atoms with E-state index in [1.807, 2.05) is 4.90 Å². The zero-order valence-corrected chi connectivity index (χ0v) is 40.3. The van der Waals surface area contributed by atoms with Gasteiger partial charge in [0, 0.05) is 102 Å². The van der Waals surface area contributed by atoms with Gasteiger partial charge < -0.3 is 36.1 Å². The summed E-state index contributed by atoms with van der Waals surface area (Å²) in [4.78, 5) is 68.1. The SMILES string of the molecule is CC(C)(C)OC(=O)NCCN1CCNC(=O)c2ccc([n+](O)c2SCC[Si](C)(C)C)C(=O)NCCOCCNC(=O)c2ccc(c(SCC[Si](C)(C)C)[n+]2O)C(=O)NCC1. The molecule has 0 saturated carbocycles. The summed E-state index contributed by atoms with van der Waals surface area (Å²) in [6.07, 6.45) is -0.572. The summed E-state index contributed by atoms with van der Waals surface area (Å²) in [5.41, 5.74) is -0.372. The van der Waals surface area contributed by atoms with Crippen LogP contribution in [0.4, 0.5) is 4.79 Å². The summed E-state index contributed by atoms with van der Waals surface area (Å²) in [5.74, 6) is -0.739. The second kappa shape index (κ2) is 23.4. The van der Waals surface area contributed by atoms with E-state index in [4.69, 9.17) is 9.47 Å². The average Bonchev–Trinajstić information content (AvgIpc) is 3.13. The van der Waals surface area contributed by atoms with Crippen LogP contribution >= 0.6 is 23.5 Å². The smallest absolute Gasteiger partial charge is 0.407 e. The van der Waals surface area contributed by atoms with E-state index in [1.165, 1.54) is 47.8 Å². The highest BCUT2D eigenvalue weighted by molar-refractivity contribution is 7.99. The summed E-state index contributed by atoms with van der Waals surface area (Å²) in [6, 6.07) is 7.66. The van der Waals surface area contributed by atoms with E-state index < -0.39 is 51.5 Å². The number of rotatable bonds is 11. The van der Waals surface area contributed by atoms with E-state index in [0.717, 1.165) is 21.5 Å². The summed E-state index contributed by atoms with van der Waals surface area (Å²) >= 11 is 2.61. The predicted molar refractivity (Wildman–Crippen MR) is 236 cm³/mol. The quantitative estimate of drug-likeness (QED) is 0.0750. The third-order valence-electron chi connectivity index (χ3n) is 8.84. The molecule has 0 aliphatic carbocycles. The minimum absolute atomic E-state index is 0.0530. The number of alkyl carbamates (subject to hydrolysis) is 1. The van der Waals surface area contributed by atoms with Crippen molar-refractivity contribution in [2.45, 2.75) is 87.8 Å². The molecule has 17 nitrogen and oxygen atoms in total. The van der Waals surface area contributed by atoms with Gasteiger partial charge in [0.1, 0.15) is 16.7 Å². The highest BCUT2D eigenvalue weighted by Gasteiger charge is 2.32. The average molecular weight is 911 g/mol. The van der Waals surface area contributed by atoms with Gasteiger partial charge in [0.25, 0.3) is 11.8 Å². The molecule has 4 bridgehead atoms. The highest BCUT2D eigenvalue weighted by atomic mass is 32.2. The standard InChI is InChI=1S/C39H64N8O9S2Si2/c1-39(2,3)56-38(52)44-16-21-45-19-14-40-32(48)28-10-12-30(46(53)36(28)57-24-26-59(4,5)6)34(50)42-17-22-55-23-18-43-35(51)31-13-11-29(33(49)41-15-20-45)37(47(31)54)58-25-27-60(7,8)9/h10-13H,14-27H2,1-9H3,(H5-2,40,41,42,43,44,48,49,50,51,52,53,54)/p+2. The second-order valence-electron chi connectivity index (χ2n) is 17.7. The van der Waals surface area contributed by atoms with Crippen LogP contribution in [0.15, 0.2) is 34.3 Å². The van der Waals surface area contributed by atoms with Crippen molar-refractivity contribution in [1.82, 2.24) is 31.5 Å². The molecular weight excluding hydrogens is 845 g/mol. The fourth-order valence-corrected chi connectivity index (χ4v) is 12.7. The van der Waals surface area contributed by atoms with Crippen molar-refractivity contribution in [2.75, 3.05) is 77.1 Å². The van der Waals surface area contributed by atoms with Crippen LogP contribution in [-0.2, 0) is 9.47 Å². The Bertz CT molecular complexity index is 1710. The molecule has 6 heterocycles. The first-order chi connectivity index (χ1) is 28.1. The maximum absolute atomic E-state index is 13.7. The summed E-state index contributed by atoms with van der Waals surface area (Å²) in [7, 11) is -2.93. The lowest BCUT2D eigenvalue weighted by atomic mass is 10.2. The first kappa shape index (κ1) is 50.5. The number of hydrogen-bond acceptors (Lipinski definition) is 12. The number of amides is 5. The van der Waals surface area contributed by atoms with Crippen molar-refractivity contribution in [3.8, 4) is 0 Å². The molecule has 0 spiro atoms. The van der Waals surface area contributed by atoms with Crippen molar-refractivity contribution in [1.29, 1.82) is 0 Å². The number of pyridine rings is 2. The van der Waals surface area contributed by atoms with Crippen LogP contribution in [0, 0.1) is 0 Å². The maximum Gasteiger partial charge on any atom is 0.407 e. The Hall–Kier alpha value is -3.90. The summed E-state index contributed by atoms with van der Waals surface area (Å²) in [6.45, 7) is 20.7. The monoisotopic (exact) mass is 910 g/mol. The molecule has 0 atom stereocenters. The molecule has 0 aromatic carbocycles. The molecule has 0 unspecified atom stereocenters. The Labute approximate surface area is 364 Å². The summed E-state index contributed by atoms with van der Waals surface area (Å²) < 4.78 is 12.5. The minimum atomic E-state index is -1.47. The molecule has 6 rings (SSSR count). The third-order valence-corrected chi connectivity index (χ3v) is 15.2. The van der Waals surface area contributed by atoms with Crippen molar-refractivity contribution in [2.24, 2.45) is 0 Å². The lowest BCUT2D eigenvalue weighted by Crippen LogP contribution is -2.47. The van der Waals surface area contributed by atoms with E-state index >= 15 is 0 Å². The molecule has 0 fully saturated rings. The number of carbonyl (C=O) groups is 5. The van der Waals surface area contributed by atoms with Gasteiger partial charge in [-0.1, -0.05) is 62.8 Å². The van der Waals surface area contributed by atoms with E-state index in [-0.39, 0.29) is 78.5 Å². The largest absolute Gasteiger partial charge is 0.444 e. The molecule has 7 N–H and O–H groups in total. The van der Waals surface area contributed by atoms with E-state index in [2.05, 4.69) is 65.9 Å². The van der Waals surface area contributed by atoms with E-state index in [9.17, 15) is 34.4 Å². The molecule has 2 aromatic heterocycles. The van der Waals surface area contributed by atoms with Crippen LogP contribution in [-0.4, -0.2) is 144 Å². The molecule has 4 aliphatic rings. The van der Waals surface area contributed by atoms with Crippen molar-refractivity contribution >= 4 is 69.4 Å². The van der Waals surface area contributed by atoms with Crippen LogP contribution in [0.5, 0.6) is 0 Å². The van der Waals surface area contributed by atoms with Crippen LogP contribution in [0.25, 0.3) is 0 Å². The topological polar surface area (TPSA) is 215 Å². The Morgan fingerprint density at radius 3 is 1.55 bits per heavy atom. The van der Waals surface area contributed by atoms with Crippen LogP contribution in [0.2, 0.25) is 51.4 Å². The lowest BCUT2D eigenvalue weighted by molar-refractivity contribution is -0.933.